The molecule has 9 heteroatoms. The van der Waals surface area contributed by atoms with E-state index in [1.807, 2.05) is 12.1 Å². The van der Waals surface area contributed by atoms with Crippen molar-refractivity contribution in [3.8, 4) is 0 Å². The third kappa shape index (κ3) is 5.22. The molecule has 5 nitrogen and oxygen atoms in total. The summed E-state index contributed by atoms with van der Waals surface area (Å²) in [5, 5.41) is 2.72. The van der Waals surface area contributed by atoms with Crippen LogP contribution in [0.25, 0.3) is 0 Å². The number of thioether (sulfide) groups is 1. The van der Waals surface area contributed by atoms with E-state index in [1.165, 1.54) is 49.3 Å². The lowest BCUT2D eigenvalue weighted by Gasteiger charge is -2.12. The monoisotopic (exact) mass is 404 g/mol. The number of anilines is 1. The third-order valence-electron chi connectivity index (χ3n) is 3.00. The van der Waals surface area contributed by atoms with Gasteiger partial charge in [0.25, 0.3) is 0 Å². The van der Waals surface area contributed by atoms with Gasteiger partial charge in [-0.05, 0) is 30.3 Å². The van der Waals surface area contributed by atoms with Gasteiger partial charge in [-0.15, -0.1) is 23.1 Å². The highest BCUT2D eigenvalue weighted by molar-refractivity contribution is 7.99. The van der Waals surface area contributed by atoms with Gasteiger partial charge in [0.2, 0.25) is 15.9 Å². The highest BCUT2D eigenvalue weighted by atomic mass is 35.5. The number of amides is 1. The SMILES string of the molecule is CN(C)S(=O)(=O)c1cccc(NC(=O)CSCc2ccc(Cl)s2)c1. The molecule has 0 radical (unpaired) electrons. The van der Waals surface area contributed by atoms with Crippen molar-refractivity contribution in [3.63, 3.8) is 0 Å². The van der Waals surface area contributed by atoms with Crippen molar-refractivity contribution in [1.82, 2.24) is 4.31 Å². The molecule has 0 aliphatic carbocycles. The normalized spacial score (nSPS) is 11.7. The number of rotatable bonds is 7. The Morgan fingerprint density at radius 3 is 2.67 bits per heavy atom. The van der Waals surface area contributed by atoms with E-state index >= 15 is 0 Å². The molecule has 0 spiro atoms. The van der Waals surface area contributed by atoms with Crippen molar-refractivity contribution in [2.24, 2.45) is 0 Å². The van der Waals surface area contributed by atoms with Crippen LogP contribution in [0.5, 0.6) is 0 Å². The molecule has 2 rings (SSSR count). The van der Waals surface area contributed by atoms with E-state index in [0.717, 1.165) is 13.5 Å². The molecule has 130 valence electrons. The van der Waals surface area contributed by atoms with Crippen LogP contribution in [-0.2, 0) is 20.6 Å². The molecule has 1 aromatic heterocycles. The standard InChI is InChI=1S/C15H17ClN2O3S3/c1-18(2)24(20,21)13-5-3-4-11(8-13)17-15(19)10-22-9-12-6-7-14(16)23-12/h3-8H,9-10H2,1-2H3,(H,17,19). The first-order chi connectivity index (χ1) is 11.3. The molecule has 1 N–H and O–H groups in total. The fourth-order valence-corrected chi connectivity index (χ4v) is 4.79. The first-order valence-electron chi connectivity index (χ1n) is 6.93. The molecule has 1 amide bonds. The topological polar surface area (TPSA) is 66.5 Å². The molecule has 0 atom stereocenters. The average Bonchev–Trinajstić information content (AvgIpc) is 2.93. The van der Waals surface area contributed by atoms with Crippen molar-refractivity contribution in [1.29, 1.82) is 0 Å². The predicted octanol–water partition coefficient (Wildman–Crippen LogP) is 3.52. The molecule has 0 fully saturated rings. The van der Waals surface area contributed by atoms with Gasteiger partial charge in [-0.2, -0.15) is 0 Å². The Morgan fingerprint density at radius 1 is 1.29 bits per heavy atom. The van der Waals surface area contributed by atoms with Crippen LogP contribution in [0.3, 0.4) is 0 Å². The predicted molar refractivity (Wildman–Crippen MR) is 101 cm³/mol. The van der Waals surface area contributed by atoms with E-state index in [4.69, 9.17) is 11.6 Å². The minimum absolute atomic E-state index is 0.145. The van der Waals surface area contributed by atoms with Gasteiger partial charge in [-0.25, -0.2) is 12.7 Å². The van der Waals surface area contributed by atoms with Crippen LogP contribution in [0, 0.1) is 0 Å². The maximum atomic E-state index is 12.1. The molecule has 0 aliphatic rings. The number of hydrogen-bond donors (Lipinski definition) is 1. The van der Waals surface area contributed by atoms with Crippen LogP contribution in [-0.4, -0.2) is 38.5 Å². The summed E-state index contributed by atoms with van der Waals surface area (Å²) in [6, 6.07) is 9.99. The zero-order valence-electron chi connectivity index (χ0n) is 13.2. The lowest BCUT2D eigenvalue weighted by Crippen LogP contribution is -2.22. The Balaban J connectivity index is 1.92. The summed E-state index contributed by atoms with van der Waals surface area (Å²) in [6.45, 7) is 0. The fourth-order valence-electron chi connectivity index (χ4n) is 1.82. The van der Waals surface area contributed by atoms with Crippen molar-refractivity contribution in [2.75, 3.05) is 25.2 Å². The lowest BCUT2D eigenvalue weighted by atomic mass is 10.3. The van der Waals surface area contributed by atoms with E-state index < -0.39 is 10.0 Å². The van der Waals surface area contributed by atoms with Gasteiger partial charge >= 0.3 is 0 Å². The van der Waals surface area contributed by atoms with E-state index in [1.54, 1.807) is 12.1 Å². The molecule has 24 heavy (non-hydrogen) atoms. The van der Waals surface area contributed by atoms with E-state index in [2.05, 4.69) is 5.32 Å². The third-order valence-corrected chi connectivity index (χ3v) is 7.21. The summed E-state index contributed by atoms with van der Waals surface area (Å²) in [5.41, 5.74) is 0.461. The van der Waals surface area contributed by atoms with Crippen molar-refractivity contribution in [2.45, 2.75) is 10.6 Å². The Labute approximate surface area is 155 Å². The number of hydrogen-bond acceptors (Lipinski definition) is 5. The van der Waals surface area contributed by atoms with Crippen LogP contribution in [0.4, 0.5) is 5.69 Å². The minimum atomic E-state index is -3.52. The quantitative estimate of drug-likeness (QED) is 0.766. The summed E-state index contributed by atoms with van der Waals surface area (Å²) in [4.78, 5) is 13.2. The molecular weight excluding hydrogens is 388 g/mol. The summed E-state index contributed by atoms with van der Waals surface area (Å²) < 4.78 is 26.1. The zero-order valence-corrected chi connectivity index (χ0v) is 16.4. The molecular formula is C15H17ClN2O3S3. The highest BCUT2D eigenvalue weighted by Crippen LogP contribution is 2.25. The van der Waals surface area contributed by atoms with Gasteiger partial charge in [0.1, 0.15) is 0 Å². The zero-order chi connectivity index (χ0) is 17.7. The number of nitrogens with one attached hydrogen (secondary N) is 1. The summed E-state index contributed by atoms with van der Waals surface area (Å²) in [7, 11) is -0.587. The van der Waals surface area contributed by atoms with Gasteiger partial charge < -0.3 is 5.32 Å². The van der Waals surface area contributed by atoms with Crippen LogP contribution in [0.1, 0.15) is 4.88 Å². The van der Waals surface area contributed by atoms with Crippen LogP contribution in [0.2, 0.25) is 4.34 Å². The second kappa shape index (κ2) is 8.35. The first-order valence-corrected chi connectivity index (χ1v) is 10.7. The Hall–Kier alpha value is -1.06. The maximum Gasteiger partial charge on any atom is 0.242 e. The number of carbonyl (C=O) groups excluding carboxylic acids is 1. The Morgan fingerprint density at radius 2 is 2.04 bits per heavy atom. The lowest BCUT2D eigenvalue weighted by molar-refractivity contribution is -0.113. The molecule has 0 aliphatic heterocycles. The minimum Gasteiger partial charge on any atom is -0.325 e. The summed E-state index contributed by atoms with van der Waals surface area (Å²) in [6.07, 6.45) is 0. The van der Waals surface area contributed by atoms with Gasteiger partial charge in [0.15, 0.2) is 0 Å². The molecule has 0 unspecified atom stereocenters. The second-order valence-electron chi connectivity index (χ2n) is 5.06. The smallest absolute Gasteiger partial charge is 0.242 e. The van der Waals surface area contributed by atoms with Crippen molar-refractivity contribution >= 4 is 56.3 Å². The number of nitrogens with zero attached hydrogens (tertiary/aromatic N) is 1. The number of carbonyl (C=O) groups is 1. The van der Waals surface area contributed by atoms with Crippen LogP contribution < -0.4 is 5.32 Å². The summed E-state index contributed by atoms with van der Waals surface area (Å²) in [5.74, 6) is 0.807. The van der Waals surface area contributed by atoms with Gasteiger partial charge in [0.05, 0.1) is 15.0 Å². The highest BCUT2D eigenvalue weighted by Gasteiger charge is 2.17. The average molecular weight is 405 g/mol. The van der Waals surface area contributed by atoms with Gasteiger partial charge in [-0.1, -0.05) is 17.7 Å². The Kier molecular flexibility index (Phi) is 6.70. The van der Waals surface area contributed by atoms with Gasteiger partial charge in [-0.3, -0.25) is 4.79 Å². The van der Waals surface area contributed by atoms with Gasteiger partial charge in [0, 0.05) is 30.4 Å². The molecule has 1 aromatic carbocycles. The number of sulfonamides is 1. The molecule has 0 saturated carbocycles. The molecule has 0 bridgehead atoms. The number of benzene rings is 1. The van der Waals surface area contributed by atoms with Crippen molar-refractivity contribution in [3.05, 3.63) is 45.6 Å². The van der Waals surface area contributed by atoms with E-state index in [-0.39, 0.29) is 16.6 Å². The maximum absolute atomic E-state index is 12.1. The van der Waals surface area contributed by atoms with E-state index in [9.17, 15) is 13.2 Å². The van der Waals surface area contributed by atoms with Crippen LogP contribution in [0.15, 0.2) is 41.3 Å². The molecule has 0 saturated heterocycles. The number of halogens is 1. The Bertz CT molecular complexity index is 819. The van der Waals surface area contributed by atoms with Crippen LogP contribution >= 0.6 is 34.7 Å². The molecule has 1 heterocycles. The fraction of sp³-hybridized carbons (Fsp3) is 0.267. The largest absolute Gasteiger partial charge is 0.325 e. The second-order valence-corrected chi connectivity index (χ2v) is 10.00. The summed E-state index contributed by atoms with van der Waals surface area (Å²) >= 11 is 8.83. The van der Waals surface area contributed by atoms with E-state index in [0.29, 0.717) is 11.4 Å². The number of thiophene rings is 1. The molecule has 2 aromatic rings. The van der Waals surface area contributed by atoms with Crippen molar-refractivity contribution < 1.29 is 13.2 Å². The first kappa shape index (κ1) is 19.3.